The minimum Gasteiger partial charge on any atom is -0.381 e. The second kappa shape index (κ2) is 5.57. The van der Waals surface area contributed by atoms with E-state index in [1.165, 1.54) is 5.69 Å². The molecule has 1 aromatic carbocycles. The minimum absolute atomic E-state index is 0.397. The number of ether oxygens (including phenoxy) is 1. The summed E-state index contributed by atoms with van der Waals surface area (Å²) in [7, 11) is 1.77. The molecule has 0 N–H and O–H groups in total. The first kappa shape index (κ1) is 11.8. The maximum absolute atomic E-state index is 8.33. The standard InChI is InChI=1S/C12H16N4O/c1-17-12-6-8-16(9-7-12)11-4-2-10(3-5-11)14-15-13/h2-5,12H,6-9H2,1H3. The van der Waals surface area contributed by atoms with E-state index in [2.05, 4.69) is 14.9 Å². The maximum atomic E-state index is 8.33. The Bertz CT molecular complexity index is 403. The van der Waals surface area contributed by atoms with E-state index in [4.69, 9.17) is 10.3 Å². The third kappa shape index (κ3) is 2.90. The molecule has 1 aromatic rings. The Hall–Kier alpha value is -1.71. The zero-order chi connectivity index (χ0) is 12.1. The van der Waals surface area contributed by atoms with Crippen molar-refractivity contribution in [1.29, 1.82) is 0 Å². The lowest BCUT2D eigenvalue weighted by Crippen LogP contribution is -2.36. The van der Waals surface area contributed by atoms with Crippen LogP contribution in [0, 0.1) is 0 Å². The molecule has 5 nitrogen and oxygen atoms in total. The second-order valence-corrected chi connectivity index (χ2v) is 4.13. The topological polar surface area (TPSA) is 61.2 Å². The maximum Gasteiger partial charge on any atom is 0.0605 e. The van der Waals surface area contributed by atoms with E-state index >= 15 is 0 Å². The highest BCUT2D eigenvalue weighted by molar-refractivity contribution is 5.53. The number of hydrogen-bond acceptors (Lipinski definition) is 3. The fourth-order valence-electron chi connectivity index (χ4n) is 2.13. The summed E-state index contributed by atoms with van der Waals surface area (Å²) in [6.45, 7) is 2.03. The third-order valence-corrected chi connectivity index (χ3v) is 3.15. The van der Waals surface area contributed by atoms with E-state index in [9.17, 15) is 0 Å². The van der Waals surface area contributed by atoms with Gasteiger partial charge in [0.25, 0.3) is 0 Å². The number of methoxy groups -OCH3 is 1. The average Bonchev–Trinajstić information content (AvgIpc) is 2.40. The van der Waals surface area contributed by atoms with Crippen molar-refractivity contribution in [2.45, 2.75) is 18.9 Å². The molecule has 0 aromatic heterocycles. The van der Waals surface area contributed by atoms with Gasteiger partial charge < -0.3 is 9.64 Å². The number of anilines is 1. The lowest BCUT2D eigenvalue weighted by atomic mass is 10.1. The van der Waals surface area contributed by atoms with Crippen LogP contribution in [0.15, 0.2) is 29.4 Å². The third-order valence-electron chi connectivity index (χ3n) is 3.15. The molecule has 0 unspecified atom stereocenters. The largest absolute Gasteiger partial charge is 0.381 e. The van der Waals surface area contributed by atoms with Gasteiger partial charge in [0.05, 0.1) is 6.10 Å². The van der Waals surface area contributed by atoms with Gasteiger partial charge in [-0.05, 0) is 30.5 Å². The van der Waals surface area contributed by atoms with E-state index in [-0.39, 0.29) is 0 Å². The smallest absolute Gasteiger partial charge is 0.0605 e. The van der Waals surface area contributed by atoms with Gasteiger partial charge in [-0.2, -0.15) is 0 Å². The SMILES string of the molecule is COC1CCN(c2ccc(N=[N+]=[N-])cc2)CC1. The number of benzene rings is 1. The number of hydrogen-bond donors (Lipinski definition) is 0. The van der Waals surface area contributed by atoms with Crippen molar-refractivity contribution in [3.63, 3.8) is 0 Å². The molecule has 2 rings (SSSR count). The van der Waals surface area contributed by atoms with Crippen LogP contribution >= 0.6 is 0 Å². The summed E-state index contributed by atoms with van der Waals surface area (Å²) in [4.78, 5) is 5.09. The second-order valence-electron chi connectivity index (χ2n) is 4.13. The lowest BCUT2D eigenvalue weighted by molar-refractivity contribution is 0.0819. The molecule has 0 amide bonds. The molecule has 0 saturated carbocycles. The summed E-state index contributed by atoms with van der Waals surface area (Å²) in [5.41, 5.74) is 10.2. The predicted octanol–water partition coefficient (Wildman–Crippen LogP) is 3.24. The van der Waals surface area contributed by atoms with Gasteiger partial charge in [-0.15, -0.1) is 0 Å². The first-order valence-corrected chi connectivity index (χ1v) is 5.76. The highest BCUT2D eigenvalue weighted by Gasteiger charge is 2.18. The zero-order valence-corrected chi connectivity index (χ0v) is 9.91. The van der Waals surface area contributed by atoms with Gasteiger partial charge in [0, 0.05) is 36.5 Å². The van der Waals surface area contributed by atoms with Crippen LogP contribution in [0.2, 0.25) is 0 Å². The molecule has 1 aliphatic rings. The van der Waals surface area contributed by atoms with Crippen molar-refractivity contribution in [1.82, 2.24) is 0 Å². The molecule has 1 aliphatic heterocycles. The quantitative estimate of drug-likeness (QED) is 0.456. The molecule has 0 atom stereocenters. The van der Waals surface area contributed by atoms with Crippen LogP contribution in [-0.2, 0) is 4.74 Å². The van der Waals surface area contributed by atoms with Crippen molar-refractivity contribution in [2.24, 2.45) is 5.11 Å². The number of piperidine rings is 1. The number of nitrogens with zero attached hydrogens (tertiary/aromatic N) is 4. The molecule has 0 spiro atoms. The Morgan fingerprint density at radius 2 is 1.94 bits per heavy atom. The summed E-state index contributed by atoms with van der Waals surface area (Å²) in [6.07, 6.45) is 2.53. The van der Waals surface area contributed by atoms with Crippen molar-refractivity contribution in [2.75, 3.05) is 25.1 Å². The van der Waals surface area contributed by atoms with Gasteiger partial charge in [-0.3, -0.25) is 0 Å². The molecule has 1 heterocycles. The van der Waals surface area contributed by atoms with Crippen molar-refractivity contribution in [3.05, 3.63) is 34.7 Å². The Morgan fingerprint density at radius 3 is 2.47 bits per heavy atom. The Labute approximate surface area is 101 Å². The molecule has 17 heavy (non-hydrogen) atoms. The molecular formula is C12H16N4O. The Kier molecular flexibility index (Phi) is 3.85. The number of rotatable bonds is 3. The summed E-state index contributed by atoms with van der Waals surface area (Å²) in [5.74, 6) is 0. The molecule has 90 valence electrons. The van der Waals surface area contributed by atoms with Crippen LogP contribution in [0.5, 0.6) is 0 Å². The highest BCUT2D eigenvalue weighted by atomic mass is 16.5. The Balaban J connectivity index is 2.01. The van der Waals surface area contributed by atoms with E-state index in [1.54, 1.807) is 7.11 Å². The van der Waals surface area contributed by atoms with Gasteiger partial charge in [-0.25, -0.2) is 0 Å². The molecule has 0 aliphatic carbocycles. The fraction of sp³-hybridized carbons (Fsp3) is 0.500. The van der Waals surface area contributed by atoms with Crippen LogP contribution < -0.4 is 4.90 Å². The van der Waals surface area contributed by atoms with Crippen LogP contribution in [-0.4, -0.2) is 26.3 Å². The van der Waals surface area contributed by atoms with Crippen molar-refractivity contribution in [3.8, 4) is 0 Å². The molecule has 1 fully saturated rings. The average molecular weight is 232 g/mol. The first-order valence-electron chi connectivity index (χ1n) is 5.76. The molecule has 0 bridgehead atoms. The predicted molar refractivity (Wildman–Crippen MR) is 67.5 cm³/mol. The van der Waals surface area contributed by atoms with Crippen molar-refractivity contribution < 1.29 is 4.74 Å². The molecular weight excluding hydrogens is 216 g/mol. The van der Waals surface area contributed by atoms with Crippen LogP contribution in [0.3, 0.4) is 0 Å². The highest BCUT2D eigenvalue weighted by Crippen LogP contribution is 2.23. The Morgan fingerprint density at radius 1 is 1.29 bits per heavy atom. The van der Waals surface area contributed by atoms with Crippen LogP contribution in [0.25, 0.3) is 10.4 Å². The molecule has 0 radical (unpaired) electrons. The zero-order valence-electron chi connectivity index (χ0n) is 9.91. The fourth-order valence-corrected chi connectivity index (χ4v) is 2.13. The van der Waals surface area contributed by atoms with Crippen LogP contribution in [0.1, 0.15) is 12.8 Å². The van der Waals surface area contributed by atoms with E-state index < -0.39 is 0 Å². The summed E-state index contributed by atoms with van der Waals surface area (Å²) >= 11 is 0. The minimum atomic E-state index is 0.397. The molecule has 5 heteroatoms. The van der Waals surface area contributed by atoms with Gasteiger partial charge in [0.2, 0.25) is 0 Å². The monoisotopic (exact) mass is 232 g/mol. The molecule has 1 saturated heterocycles. The summed E-state index contributed by atoms with van der Waals surface area (Å²) in [5, 5.41) is 3.56. The van der Waals surface area contributed by atoms with E-state index in [0.29, 0.717) is 11.8 Å². The normalized spacial score (nSPS) is 16.6. The lowest BCUT2D eigenvalue weighted by Gasteiger charge is -2.32. The van der Waals surface area contributed by atoms with Gasteiger partial charge >= 0.3 is 0 Å². The summed E-state index contributed by atoms with van der Waals surface area (Å²) in [6, 6.07) is 7.68. The summed E-state index contributed by atoms with van der Waals surface area (Å²) < 4.78 is 5.34. The van der Waals surface area contributed by atoms with Gasteiger partial charge in [0.1, 0.15) is 0 Å². The van der Waals surface area contributed by atoms with Gasteiger partial charge in [-0.1, -0.05) is 17.2 Å². The van der Waals surface area contributed by atoms with Crippen molar-refractivity contribution >= 4 is 11.4 Å². The van der Waals surface area contributed by atoms with E-state index in [0.717, 1.165) is 25.9 Å². The number of azide groups is 1. The van der Waals surface area contributed by atoms with Crippen LogP contribution in [0.4, 0.5) is 11.4 Å². The van der Waals surface area contributed by atoms with Gasteiger partial charge in [0.15, 0.2) is 0 Å². The first-order chi connectivity index (χ1) is 8.33. The van der Waals surface area contributed by atoms with E-state index in [1.807, 2.05) is 24.3 Å².